The van der Waals surface area contributed by atoms with Crippen LogP contribution < -0.4 is 0 Å². The molecule has 2 nitrogen and oxygen atoms in total. The van der Waals surface area contributed by atoms with Gasteiger partial charge in [0.15, 0.2) is 0 Å². The fourth-order valence-corrected chi connectivity index (χ4v) is 1.80. The summed E-state index contributed by atoms with van der Waals surface area (Å²) in [6.45, 7) is 9.36. The third-order valence-corrected chi connectivity index (χ3v) is 3.00. The third kappa shape index (κ3) is 4.16. The van der Waals surface area contributed by atoms with E-state index in [0.717, 1.165) is 12.8 Å². The summed E-state index contributed by atoms with van der Waals surface area (Å²) in [5.74, 6) is 0. The molecule has 0 saturated carbocycles. The van der Waals surface area contributed by atoms with E-state index in [9.17, 15) is 4.79 Å². The van der Waals surface area contributed by atoms with Crippen LogP contribution in [0, 0.1) is 6.92 Å². The largest absolute Gasteiger partial charge is 0.234 e. The first-order chi connectivity index (χ1) is 7.95. The van der Waals surface area contributed by atoms with Crippen LogP contribution in [-0.2, 0) is 16.6 Å². The summed E-state index contributed by atoms with van der Waals surface area (Å²) in [5, 5.41) is 0. The van der Waals surface area contributed by atoms with Crippen molar-refractivity contribution in [2.45, 2.75) is 46.0 Å². The standard InChI is InChI=1S/C15H21NO/c1-12-7-8-14(15(2,3)4)10-13(12)6-5-9-16-11-17/h7-8,10H,5-6,9H2,1-4H3. The number of aryl methyl sites for hydroxylation is 2. The Morgan fingerprint density at radius 1 is 1.29 bits per heavy atom. The summed E-state index contributed by atoms with van der Waals surface area (Å²) in [6.07, 6.45) is 3.46. The first-order valence-electron chi connectivity index (χ1n) is 6.09. The van der Waals surface area contributed by atoms with E-state index in [1.807, 2.05) is 0 Å². The number of isocyanates is 1. The molecule has 0 atom stereocenters. The molecular formula is C15H21NO. The fraction of sp³-hybridized carbons (Fsp3) is 0.533. The molecule has 2 heteroatoms. The van der Waals surface area contributed by atoms with Crippen molar-refractivity contribution in [3.8, 4) is 0 Å². The van der Waals surface area contributed by atoms with Gasteiger partial charge >= 0.3 is 0 Å². The van der Waals surface area contributed by atoms with Crippen LogP contribution in [0.25, 0.3) is 0 Å². The lowest BCUT2D eigenvalue weighted by atomic mass is 9.85. The second-order valence-corrected chi connectivity index (χ2v) is 5.47. The maximum absolute atomic E-state index is 9.98. The Balaban J connectivity index is 2.80. The average Bonchev–Trinajstić information content (AvgIpc) is 2.25. The molecule has 0 unspecified atom stereocenters. The lowest BCUT2D eigenvalue weighted by Gasteiger charge is -2.20. The van der Waals surface area contributed by atoms with Gasteiger partial charge in [-0.05, 0) is 41.9 Å². The summed E-state index contributed by atoms with van der Waals surface area (Å²) in [5.41, 5.74) is 4.22. The SMILES string of the molecule is Cc1ccc(C(C)(C)C)cc1CCCN=C=O. The van der Waals surface area contributed by atoms with Gasteiger partial charge in [-0.1, -0.05) is 39.0 Å². The molecule has 0 heterocycles. The highest BCUT2D eigenvalue weighted by atomic mass is 16.1. The van der Waals surface area contributed by atoms with Crippen LogP contribution in [0.5, 0.6) is 0 Å². The Labute approximate surface area is 104 Å². The second kappa shape index (κ2) is 5.79. The van der Waals surface area contributed by atoms with Crippen LogP contribution in [-0.4, -0.2) is 12.6 Å². The minimum atomic E-state index is 0.184. The minimum absolute atomic E-state index is 0.184. The van der Waals surface area contributed by atoms with Gasteiger partial charge in [-0.2, -0.15) is 0 Å². The zero-order valence-corrected chi connectivity index (χ0v) is 11.2. The Kier molecular flexibility index (Phi) is 4.65. The van der Waals surface area contributed by atoms with Crippen LogP contribution in [0.4, 0.5) is 0 Å². The zero-order chi connectivity index (χ0) is 12.9. The van der Waals surface area contributed by atoms with E-state index in [4.69, 9.17) is 0 Å². The van der Waals surface area contributed by atoms with Crippen molar-refractivity contribution < 1.29 is 4.79 Å². The summed E-state index contributed by atoms with van der Waals surface area (Å²) >= 11 is 0. The van der Waals surface area contributed by atoms with Crippen LogP contribution >= 0.6 is 0 Å². The molecule has 0 aliphatic carbocycles. The first kappa shape index (κ1) is 13.7. The highest BCUT2D eigenvalue weighted by Gasteiger charge is 2.14. The van der Waals surface area contributed by atoms with Crippen molar-refractivity contribution in [1.29, 1.82) is 0 Å². The van der Waals surface area contributed by atoms with Crippen molar-refractivity contribution in [1.82, 2.24) is 0 Å². The van der Waals surface area contributed by atoms with Crippen LogP contribution in [0.3, 0.4) is 0 Å². The topological polar surface area (TPSA) is 29.4 Å². The van der Waals surface area contributed by atoms with Gasteiger partial charge in [-0.25, -0.2) is 9.79 Å². The number of nitrogens with zero attached hydrogens (tertiary/aromatic N) is 1. The highest BCUT2D eigenvalue weighted by molar-refractivity contribution is 5.35. The summed E-state index contributed by atoms with van der Waals surface area (Å²) in [7, 11) is 0. The molecule has 0 amide bonds. The molecule has 0 aliphatic heterocycles. The van der Waals surface area contributed by atoms with Crippen molar-refractivity contribution in [2.24, 2.45) is 4.99 Å². The van der Waals surface area contributed by atoms with E-state index in [1.165, 1.54) is 16.7 Å². The Bertz CT molecular complexity index is 423. The van der Waals surface area contributed by atoms with Gasteiger partial charge in [0.2, 0.25) is 6.08 Å². The number of hydrogen-bond donors (Lipinski definition) is 0. The number of benzene rings is 1. The molecule has 0 radical (unpaired) electrons. The fourth-order valence-electron chi connectivity index (χ4n) is 1.80. The van der Waals surface area contributed by atoms with Gasteiger partial charge in [0, 0.05) is 0 Å². The third-order valence-electron chi connectivity index (χ3n) is 3.00. The molecule has 0 aliphatic rings. The Hall–Kier alpha value is -1.40. The maximum atomic E-state index is 9.98. The summed E-state index contributed by atoms with van der Waals surface area (Å²) in [6, 6.07) is 6.65. The number of hydrogen-bond acceptors (Lipinski definition) is 2. The molecule has 1 aromatic carbocycles. The zero-order valence-electron chi connectivity index (χ0n) is 11.2. The van der Waals surface area contributed by atoms with E-state index < -0.39 is 0 Å². The van der Waals surface area contributed by atoms with Crippen LogP contribution in [0.2, 0.25) is 0 Å². The van der Waals surface area contributed by atoms with Crippen molar-refractivity contribution in [3.05, 3.63) is 34.9 Å². The monoisotopic (exact) mass is 231 g/mol. The molecule has 0 spiro atoms. The number of aliphatic imine (C=N–C) groups is 1. The molecule has 0 bridgehead atoms. The molecule has 1 aromatic rings. The van der Waals surface area contributed by atoms with E-state index >= 15 is 0 Å². The molecule has 1 rings (SSSR count). The lowest BCUT2D eigenvalue weighted by molar-refractivity contribution is 0.562. The van der Waals surface area contributed by atoms with Gasteiger partial charge in [-0.15, -0.1) is 0 Å². The molecule has 0 saturated heterocycles. The van der Waals surface area contributed by atoms with E-state index in [2.05, 4.69) is 50.9 Å². The lowest BCUT2D eigenvalue weighted by Crippen LogP contribution is -2.11. The van der Waals surface area contributed by atoms with Crippen molar-refractivity contribution in [3.63, 3.8) is 0 Å². The molecule has 0 N–H and O–H groups in total. The van der Waals surface area contributed by atoms with Gasteiger partial charge < -0.3 is 0 Å². The maximum Gasteiger partial charge on any atom is 0.234 e. The predicted molar refractivity (Wildman–Crippen MR) is 71.2 cm³/mol. The quantitative estimate of drug-likeness (QED) is 0.442. The molecule has 17 heavy (non-hydrogen) atoms. The van der Waals surface area contributed by atoms with Crippen molar-refractivity contribution in [2.75, 3.05) is 6.54 Å². The number of carbonyl (C=O) groups excluding carboxylic acids is 1. The van der Waals surface area contributed by atoms with E-state index in [0.29, 0.717) is 6.54 Å². The molecule has 0 aromatic heterocycles. The molecular weight excluding hydrogens is 210 g/mol. The minimum Gasteiger partial charge on any atom is -0.211 e. The number of rotatable bonds is 4. The summed E-state index contributed by atoms with van der Waals surface area (Å²) in [4.78, 5) is 13.6. The Morgan fingerprint density at radius 2 is 2.00 bits per heavy atom. The average molecular weight is 231 g/mol. The van der Waals surface area contributed by atoms with E-state index in [1.54, 1.807) is 6.08 Å². The normalized spacial score (nSPS) is 11.1. The highest BCUT2D eigenvalue weighted by Crippen LogP contribution is 2.25. The molecule has 0 fully saturated rings. The van der Waals surface area contributed by atoms with E-state index in [-0.39, 0.29) is 5.41 Å². The predicted octanol–water partition coefficient (Wildman–Crippen LogP) is 3.56. The van der Waals surface area contributed by atoms with Crippen LogP contribution in [0.15, 0.2) is 23.2 Å². The smallest absolute Gasteiger partial charge is 0.211 e. The van der Waals surface area contributed by atoms with Gasteiger partial charge in [0.25, 0.3) is 0 Å². The van der Waals surface area contributed by atoms with Crippen LogP contribution in [0.1, 0.15) is 43.9 Å². The van der Waals surface area contributed by atoms with Gasteiger partial charge in [0.05, 0.1) is 6.54 Å². The first-order valence-corrected chi connectivity index (χ1v) is 6.09. The summed E-state index contributed by atoms with van der Waals surface area (Å²) < 4.78 is 0. The van der Waals surface area contributed by atoms with Gasteiger partial charge in [-0.3, -0.25) is 0 Å². The van der Waals surface area contributed by atoms with Gasteiger partial charge in [0.1, 0.15) is 0 Å². The molecule has 92 valence electrons. The second-order valence-electron chi connectivity index (χ2n) is 5.47. The van der Waals surface area contributed by atoms with Crippen molar-refractivity contribution >= 4 is 6.08 Å². The Morgan fingerprint density at radius 3 is 2.59 bits per heavy atom.